The maximum Gasteiger partial charge on any atom is 0.157 e. The molecule has 0 saturated carbocycles. The van der Waals surface area contributed by atoms with Crippen molar-refractivity contribution in [3.05, 3.63) is 82.7 Å². The SMILES string of the molecule is COCC1COC(CCc2ccc3c(F)c(CCc4ccc(C#N)cc4)ccc3c2)OC1. The van der Waals surface area contributed by atoms with Gasteiger partial charge in [-0.15, -0.1) is 0 Å². The summed E-state index contributed by atoms with van der Waals surface area (Å²) in [6.45, 7) is 1.97. The lowest BCUT2D eigenvalue weighted by molar-refractivity contribution is -0.208. The van der Waals surface area contributed by atoms with E-state index in [2.05, 4.69) is 12.1 Å². The van der Waals surface area contributed by atoms with Crippen LogP contribution in [0, 0.1) is 23.1 Å². The van der Waals surface area contributed by atoms with Crippen molar-refractivity contribution in [2.45, 2.75) is 32.0 Å². The molecule has 3 aromatic rings. The fourth-order valence-corrected chi connectivity index (χ4v) is 4.13. The average Bonchev–Trinajstić information content (AvgIpc) is 2.84. The summed E-state index contributed by atoms with van der Waals surface area (Å²) >= 11 is 0. The highest BCUT2D eigenvalue weighted by molar-refractivity contribution is 5.84. The van der Waals surface area contributed by atoms with Crippen LogP contribution in [-0.4, -0.2) is 33.2 Å². The molecule has 1 fully saturated rings. The first-order chi connectivity index (χ1) is 15.7. The Bertz CT molecular complexity index is 1080. The van der Waals surface area contributed by atoms with E-state index in [0.717, 1.165) is 35.8 Å². The molecule has 5 heteroatoms. The number of ether oxygens (including phenoxy) is 3. The van der Waals surface area contributed by atoms with Crippen LogP contribution in [0.15, 0.2) is 54.6 Å². The number of hydrogen-bond donors (Lipinski definition) is 0. The molecule has 0 spiro atoms. The third kappa shape index (κ3) is 5.52. The largest absolute Gasteiger partial charge is 0.384 e. The molecule has 0 aliphatic carbocycles. The molecule has 3 aromatic carbocycles. The van der Waals surface area contributed by atoms with Crippen LogP contribution in [-0.2, 0) is 33.5 Å². The first-order valence-corrected chi connectivity index (χ1v) is 11.1. The van der Waals surface area contributed by atoms with Crippen LogP contribution < -0.4 is 0 Å². The predicted molar refractivity (Wildman–Crippen MR) is 122 cm³/mol. The van der Waals surface area contributed by atoms with E-state index in [1.54, 1.807) is 19.2 Å². The van der Waals surface area contributed by atoms with E-state index < -0.39 is 0 Å². The van der Waals surface area contributed by atoms with Crippen molar-refractivity contribution < 1.29 is 18.6 Å². The monoisotopic (exact) mass is 433 g/mol. The van der Waals surface area contributed by atoms with Gasteiger partial charge in [0, 0.05) is 24.8 Å². The van der Waals surface area contributed by atoms with Gasteiger partial charge in [-0.25, -0.2) is 4.39 Å². The van der Waals surface area contributed by atoms with Gasteiger partial charge in [0.1, 0.15) is 5.82 Å². The number of aryl methyl sites for hydroxylation is 3. The van der Waals surface area contributed by atoms with Crippen LogP contribution in [0.3, 0.4) is 0 Å². The fourth-order valence-electron chi connectivity index (χ4n) is 4.13. The number of fused-ring (bicyclic) bond motifs is 1. The summed E-state index contributed by atoms with van der Waals surface area (Å²) in [5.74, 6) is 0.150. The molecule has 4 nitrogen and oxygen atoms in total. The van der Waals surface area contributed by atoms with Crippen molar-refractivity contribution in [3.63, 3.8) is 0 Å². The third-order valence-corrected chi connectivity index (χ3v) is 5.97. The van der Waals surface area contributed by atoms with Crippen LogP contribution in [0.2, 0.25) is 0 Å². The standard InChI is InChI=1S/C27H28FNO3/c1-30-16-22-17-31-26(32-18-22)13-8-20-7-12-25-24(14-20)11-10-23(27(25)28)9-6-19-2-4-21(15-29)5-3-19/h2-5,7,10-12,14,22,26H,6,8-9,13,16-18H2,1H3. The number of hydrogen-bond acceptors (Lipinski definition) is 4. The van der Waals surface area contributed by atoms with Crippen LogP contribution in [0.4, 0.5) is 4.39 Å². The van der Waals surface area contributed by atoms with Crippen LogP contribution in [0.25, 0.3) is 10.8 Å². The smallest absolute Gasteiger partial charge is 0.157 e. The van der Waals surface area contributed by atoms with E-state index in [0.29, 0.717) is 48.7 Å². The van der Waals surface area contributed by atoms with E-state index in [4.69, 9.17) is 19.5 Å². The number of nitrogens with zero attached hydrogens (tertiary/aromatic N) is 1. The molecule has 0 amide bonds. The van der Waals surface area contributed by atoms with Crippen LogP contribution >= 0.6 is 0 Å². The zero-order chi connectivity index (χ0) is 22.3. The second kappa shape index (κ2) is 10.7. The summed E-state index contributed by atoms with van der Waals surface area (Å²) in [6.07, 6.45) is 2.75. The lowest BCUT2D eigenvalue weighted by Crippen LogP contribution is -2.34. The summed E-state index contributed by atoms with van der Waals surface area (Å²) in [5, 5.41) is 10.5. The second-order valence-electron chi connectivity index (χ2n) is 8.36. The maximum absolute atomic E-state index is 15.1. The van der Waals surface area contributed by atoms with Crippen molar-refractivity contribution in [2.24, 2.45) is 5.92 Å². The number of halogens is 1. The Hall–Kier alpha value is -2.78. The van der Waals surface area contributed by atoms with Gasteiger partial charge in [-0.05, 0) is 53.5 Å². The number of methoxy groups -OCH3 is 1. The number of benzene rings is 3. The molecule has 1 aliphatic rings. The normalized spacial score (nSPS) is 18.5. The minimum atomic E-state index is -0.194. The first-order valence-electron chi connectivity index (χ1n) is 11.1. The minimum Gasteiger partial charge on any atom is -0.384 e. The topological polar surface area (TPSA) is 51.5 Å². The van der Waals surface area contributed by atoms with Gasteiger partial charge in [0.15, 0.2) is 6.29 Å². The fraction of sp³-hybridized carbons (Fsp3) is 0.370. The summed E-state index contributed by atoms with van der Waals surface area (Å²) in [4.78, 5) is 0. The Morgan fingerprint density at radius 3 is 2.44 bits per heavy atom. The molecule has 0 radical (unpaired) electrons. The Labute approximate surface area is 188 Å². The van der Waals surface area contributed by atoms with E-state index >= 15 is 4.39 Å². The van der Waals surface area contributed by atoms with Crippen molar-refractivity contribution in [1.82, 2.24) is 0 Å². The van der Waals surface area contributed by atoms with Gasteiger partial charge in [-0.2, -0.15) is 5.26 Å². The molecule has 0 bridgehead atoms. The number of rotatable bonds is 8. The van der Waals surface area contributed by atoms with Gasteiger partial charge in [-0.1, -0.05) is 42.5 Å². The highest BCUT2D eigenvalue weighted by Gasteiger charge is 2.22. The zero-order valence-electron chi connectivity index (χ0n) is 18.4. The van der Waals surface area contributed by atoms with E-state index in [-0.39, 0.29) is 12.1 Å². The second-order valence-corrected chi connectivity index (χ2v) is 8.36. The molecule has 1 heterocycles. The lowest BCUT2D eigenvalue weighted by Gasteiger charge is -2.29. The average molecular weight is 434 g/mol. The molecule has 166 valence electrons. The van der Waals surface area contributed by atoms with E-state index in [9.17, 15) is 0 Å². The molecule has 0 unspecified atom stereocenters. The van der Waals surface area contributed by atoms with Crippen molar-refractivity contribution in [1.29, 1.82) is 5.26 Å². The molecule has 0 aromatic heterocycles. The van der Waals surface area contributed by atoms with Gasteiger partial charge in [0.05, 0.1) is 31.5 Å². The van der Waals surface area contributed by atoms with E-state index in [1.807, 2.05) is 36.4 Å². The van der Waals surface area contributed by atoms with Crippen molar-refractivity contribution >= 4 is 10.8 Å². The van der Waals surface area contributed by atoms with Crippen LogP contribution in [0.1, 0.15) is 28.7 Å². The molecule has 1 aliphatic heterocycles. The highest BCUT2D eigenvalue weighted by Crippen LogP contribution is 2.25. The molecular weight excluding hydrogens is 405 g/mol. The Morgan fingerprint density at radius 2 is 1.72 bits per heavy atom. The Balaban J connectivity index is 1.36. The first kappa shape index (κ1) is 22.4. The van der Waals surface area contributed by atoms with Gasteiger partial charge in [0.2, 0.25) is 0 Å². The summed E-state index contributed by atoms with van der Waals surface area (Å²) in [5.41, 5.74) is 3.59. The lowest BCUT2D eigenvalue weighted by atomic mass is 9.98. The molecule has 4 rings (SSSR count). The minimum absolute atomic E-state index is 0.147. The van der Waals surface area contributed by atoms with Gasteiger partial charge >= 0.3 is 0 Å². The molecule has 0 atom stereocenters. The third-order valence-electron chi connectivity index (χ3n) is 5.97. The van der Waals surface area contributed by atoms with Gasteiger partial charge in [-0.3, -0.25) is 0 Å². The Morgan fingerprint density at radius 1 is 0.969 bits per heavy atom. The van der Waals surface area contributed by atoms with Crippen molar-refractivity contribution in [2.75, 3.05) is 26.9 Å². The summed E-state index contributed by atoms with van der Waals surface area (Å²) < 4.78 is 31.8. The molecule has 0 N–H and O–H groups in total. The van der Waals surface area contributed by atoms with Crippen molar-refractivity contribution in [3.8, 4) is 6.07 Å². The maximum atomic E-state index is 15.1. The summed E-state index contributed by atoms with van der Waals surface area (Å²) in [7, 11) is 1.69. The number of nitriles is 1. The molecule has 32 heavy (non-hydrogen) atoms. The summed E-state index contributed by atoms with van der Waals surface area (Å²) in [6, 6.07) is 19.4. The van der Waals surface area contributed by atoms with Crippen LogP contribution in [0.5, 0.6) is 0 Å². The predicted octanol–water partition coefficient (Wildman–Crippen LogP) is 5.20. The quantitative estimate of drug-likeness (QED) is 0.490. The molecular formula is C27H28FNO3. The van der Waals surface area contributed by atoms with E-state index in [1.165, 1.54) is 0 Å². The molecule has 1 saturated heterocycles. The van der Waals surface area contributed by atoms with Gasteiger partial charge < -0.3 is 14.2 Å². The zero-order valence-corrected chi connectivity index (χ0v) is 18.4. The van der Waals surface area contributed by atoms with Gasteiger partial charge in [0.25, 0.3) is 0 Å². The Kier molecular flexibility index (Phi) is 7.49. The highest BCUT2D eigenvalue weighted by atomic mass is 19.1.